The molecule has 0 bridgehead atoms. The summed E-state index contributed by atoms with van der Waals surface area (Å²) in [7, 11) is -2.23. The van der Waals surface area contributed by atoms with Gasteiger partial charge in [-0.25, -0.2) is 24.3 Å². The number of aromatic amines is 1. The van der Waals surface area contributed by atoms with Crippen molar-refractivity contribution in [3.05, 3.63) is 29.3 Å². The lowest BCUT2D eigenvalue weighted by molar-refractivity contribution is -0.117. The summed E-state index contributed by atoms with van der Waals surface area (Å²) in [6, 6.07) is 0. The van der Waals surface area contributed by atoms with Crippen LogP contribution in [-0.2, 0) is 44.2 Å². The number of fused-ring (bicyclic) bond motifs is 2. The van der Waals surface area contributed by atoms with Gasteiger partial charge in [0.1, 0.15) is 42.4 Å². The lowest BCUT2D eigenvalue weighted by atomic mass is 10.0. The van der Waals surface area contributed by atoms with E-state index in [2.05, 4.69) is 54.4 Å². The van der Waals surface area contributed by atoms with E-state index in [-0.39, 0.29) is 42.8 Å². The average molecular weight is 754 g/mol. The Labute approximate surface area is 280 Å². The van der Waals surface area contributed by atoms with Gasteiger partial charge in [0.15, 0.2) is 41.3 Å². The van der Waals surface area contributed by atoms with Gasteiger partial charge in [0, 0.05) is 6.42 Å². The van der Waals surface area contributed by atoms with E-state index in [4.69, 9.17) is 51.1 Å². The van der Waals surface area contributed by atoms with E-state index in [1.165, 1.54) is 23.5 Å². The summed E-state index contributed by atoms with van der Waals surface area (Å²) in [6.45, 7) is 0.479. The van der Waals surface area contributed by atoms with Crippen molar-refractivity contribution < 1.29 is 41.8 Å². The van der Waals surface area contributed by atoms with Crippen LogP contribution in [0.15, 0.2) is 23.8 Å². The van der Waals surface area contributed by atoms with E-state index in [0.717, 1.165) is 0 Å². The molecule has 0 radical (unpaired) electrons. The summed E-state index contributed by atoms with van der Waals surface area (Å²) in [5.41, 5.74) is 7.01. The van der Waals surface area contributed by atoms with Crippen molar-refractivity contribution >= 4 is 83.3 Å². The van der Waals surface area contributed by atoms with E-state index >= 15 is 4.39 Å². The minimum absolute atomic E-state index is 0.00142. The van der Waals surface area contributed by atoms with Gasteiger partial charge in [0.2, 0.25) is 18.4 Å². The molecule has 4 aromatic heterocycles. The predicted octanol–water partition coefficient (Wildman–Crippen LogP) is 1.53. The summed E-state index contributed by atoms with van der Waals surface area (Å²) in [5, 5.41) is 9.77. The van der Waals surface area contributed by atoms with Crippen LogP contribution >= 0.6 is 37.4 Å². The van der Waals surface area contributed by atoms with Crippen molar-refractivity contribution in [3.63, 3.8) is 0 Å². The highest BCUT2D eigenvalue weighted by Gasteiger charge is 2.51. The molecule has 0 aliphatic carbocycles. The number of ether oxygens (including phenoxy) is 3. The maximum atomic E-state index is 15.6. The molecule has 2 fully saturated rings. The molecule has 25 heteroatoms. The highest BCUT2D eigenvalue weighted by Crippen LogP contribution is 2.58. The number of thiol groups is 2. The number of H-pyrrole nitrogens is 1. The summed E-state index contributed by atoms with van der Waals surface area (Å²) in [5.74, 6) is -0.0361. The third kappa shape index (κ3) is 7.03. The molecule has 4 aromatic rings. The fourth-order valence-electron chi connectivity index (χ4n) is 5.34. The van der Waals surface area contributed by atoms with Gasteiger partial charge >= 0.3 is 7.23 Å². The first-order chi connectivity index (χ1) is 22.3. The van der Waals surface area contributed by atoms with Gasteiger partial charge in [-0.05, 0) is 23.3 Å². The van der Waals surface area contributed by atoms with Gasteiger partial charge in [-0.2, -0.15) is 4.98 Å². The molecule has 2 aliphatic rings. The molecule has 2 unspecified atom stereocenters. The molecule has 6 heterocycles. The number of nitrogen functional groups attached to an aromatic ring is 2. The number of alkyl halides is 1. The lowest BCUT2D eigenvalue weighted by Crippen LogP contribution is -2.33. The van der Waals surface area contributed by atoms with E-state index < -0.39 is 67.6 Å². The highest BCUT2D eigenvalue weighted by atomic mass is 32.9. The van der Waals surface area contributed by atoms with Crippen LogP contribution in [0.2, 0.25) is 0 Å². The number of hydrogen-bond acceptors (Lipinski definition) is 17. The molecule has 0 aromatic carbocycles. The Morgan fingerprint density at radius 2 is 1.96 bits per heavy atom. The van der Waals surface area contributed by atoms with E-state index in [1.54, 1.807) is 11.5 Å². The third-order valence-corrected chi connectivity index (χ3v) is 10.3. The van der Waals surface area contributed by atoms with Crippen LogP contribution in [0.4, 0.5) is 16.2 Å². The van der Waals surface area contributed by atoms with Crippen molar-refractivity contribution in [2.75, 3.05) is 31.5 Å². The quantitative estimate of drug-likeness (QED) is 0.0682. The van der Waals surface area contributed by atoms with Gasteiger partial charge in [-0.3, -0.25) is 18.9 Å². The van der Waals surface area contributed by atoms with Crippen molar-refractivity contribution in [1.82, 2.24) is 39.0 Å². The zero-order valence-electron chi connectivity index (χ0n) is 24.1. The summed E-state index contributed by atoms with van der Waals surface area (Å²) >= 11 is 13.7. The van der Waals surface area contributed by atoms with Crippen molar-refractivity contribution in [2.45, 2.75) is 55.9 Å². The number of halogens is 1. The van der Waals surface area contributed by atoms with Crippen molar-refractivity contribution in [1.29, 1.82) is 0 Å². The second-order valence-electron chi connectivity index (χ2n) is 10.7. The number of nitrogens with zero attached hydrogens (tertiary/aromatic N) is 7. The molecule has 0 amide bonds. The number of rotatable bonds is 12. The largest absolute Gasteiger partial charge is 0.584 e. The second kappa shape index (κ2) is 13.5. The van der Waals surface area contributed by atoms with Gasteiger partial charge < -0.3 is 39.8 Å². The maximum Gasteiger partial charge on any atom is 0.584 e. The van der Waals surface area contributed by atoms with E-state index in [9.17, 15) is 14.5 Å². The Balaban J connectivity index is 1.21. The molecular formula is C22H28FN10O9P2S3+. The number of anilines is 2. The van der Waals surface area contributed by atoms with Gasteiger partial charge in [-0.15, -0.1) is 4.52 Å². The average Bonchev–Trinajstić information content (AvgIpc) is 3.77. The van der Waals surface area contributed by atoms with E-state index in [0.29, 0.717) is 11.2 Å². The molecule has 19 nitrogen and oxygen atoms in total. The number of aliphatic hydroxyl groups excluding tert-OH is 1. The molecule has 0 saturated carbocycles. The van der Waals surface area contributed by atoms with Crippen LogP contribution in [0, 0.1) is 0 Å². The van der Waals surface area contributed by atoms with Crippen LogP contribution in [0.25, 0.3) is 22.3 Å². The summed E-state index contributed by atoms with van der Waals surface area (Å²) in [6.07, 6.45) is -3.32. The zero-order valence-corrected chi connectivity index (χ0v) is 28.5. The Hall–Kier alpha value is -2.40. The normalized spacial score (nSPS) is 29.5. The van der Waals surface area contributed by atoms with Gasteiger partial charge in [0.25, 0.3) is 5.56 Å². The first-order valence-corrected chi connectivity index (χ1v) is 19.7. The first kappa shape index (κ1) is 34.5. The van der Waals surface area contributed by atoms with Crippen LogP contribution in [-0.4, -0.2) is 94.2 Å². The smallest absolute Gasteiger partial charge is 0.394 e. The Bertz CT molecular complexity index is 1920. The fraction of sp³-hybridized carbons (Fsp3) is 0.545. The maximum absolute atomic E-state index is 15.6. The molecule has 6 N–H and O–H groups in total. The monoisotopic (exact) mass is 753 g/mol. The lowest BCUT2D eigenvalue weighted by Gasteiger charge is -2.30. The highest BCUT2D eigenvalue weighted by molar-refractivity contribution is 8.60. The molecule has 47 heavy (non-hydrogen) atoms. The Kier molecular flexibility index (Phi) is 9.89. The molecule has 2 saturated heterocycles. The number of nitrogens with one attached hydrogen (secondary N) is 1. The number of nitrogens with two attached hydrogens (primary N) is 2. The van der Waals surface area contributed by atoms with Gasteiger partial charge in [0.05, 0.1) is 31.5 Å². The minimum atomic E-state index is -3.58. The molecular weight excluding hydrogens is 725 g/mol. The zero-order chi connectivity index (χ0) is 33.7. The number of aliphatic hydroxyl groups is 1. The second-order valence-corrected chi connectivity index (χ2v) is 17.7. The SMILES string of the molecule is C[C@]1(COP(=S)(S)O[C@@H]2[C@@H](F)[C@@H](CO)O[C@H]2n2cnc3c(=O)[nH]c(N)nc32)C[C@@H](OCO[P+](=O)S)[C@H](n2cnc3c(N)ncnc32)O1. The van der Waals surface area contributed by atoms with Crippen molar-refractivity contribution in [3.8, 4) is 0 Å². The molecule has 6 rings (SSSR count). The number of aromatic nitrogens is 8. The molecule has 9 atom stereocenters. The van der Waals surface area contributed by atoms with E-state index in [1.807, 2.05) is 0 Å². The third-order valence-electron chi connectivity index (χ3n) is 7.42. The van der Waals surface area contributed by atoms with Crippen molar-refractivity contribution in [2.24, 2.45) is 0 Å². The molecule has 0 spiro atoms. The number of hydrogen-bond donors (Lipinski definition) is 6. The Morgan fingerprint density at radius 3 is 2.68 bits per heavy atom. The first-order valence-electron chi connectivity index (χ1n) is 13.6. The van der Waals surface area contributed by atoms with Crippen LogP contribution in [0.1, 0.15) is 25.8 Å². The topological polar surface area (TPSA) is 252 Å². The Morgan fingerprint density at radius 1 is 1.23 bits per heavy atom. The van der Waals surface area contributed by atoms with Gasteiger partial charge in [-0.1, -0.05) is 12.2 Å². The standard InChI is InChI=1S/C22H27FN10O9P2S3/c1-22(2-9(37-8-38-43(36)45)19(41-22)32-6-28-12-15(24)26-5-27-16(12)32)4-39-44(46,47)42-14-11(23)10(3-34)40-20(14)33-7-29-13-17(33)30-21(25)31-18(13)35/h5-7,9-11,14,19-20,34H,2-4,8H2,1H3,(H6-,24,25,26,27,30,31,35,36,45,46,47)/p+1/t9-,10-,11+,14-,19-,20-,22-/m1/s1. The summed E-state index contributed by atoms with van der Waals surface area (Å²) < 4.78 is 64.7. The van der Waals surface area contributed by atoms with Crippen LogP contribution in [0.3, 0.4) is 0 Å². The number of imidazole rings is 2. The van der Waals surface area contributed by atoms with Crippen LogP contribution < -0.4 is 17.0 Å². The summed E-state index contributed by atoms with van der Waals surface area (Å²) in [4.78, 5) is 35.3. The fourth-order valence-corrected chi connectivity index (χ4v) is 7.61. The van der Waals surface area contributed by atoms with Crippen LogP contribution in [0.5, 0.6) is 0 Å². The molecule has 254 valence electrons. The minimum Gasteiger partial charge on any atom is -0.394 e. The predicted molar refractivity (Wildman–Crippen MR) is 173 cm³/mol. The molecule has 2 aliphatic heterocycles.